The quantitative estimate of drug-likeness (QED) is 0.671. The van der Waals surface area contributed by atoms with Crippen molar-refractivity contribution in [2.24, 2.45) is 11.8 Å². The van der Waals surface area contributed by atoms with Gasteiger partial charge in [-0.1, -0.05) is 12.8 Å². The summed E-state index contributed by atoms with van der Waals surface area (Å²) in [5.41, 5.74) is 1.34. The molecule has 2 aromatic rings. The van der Waals surface area contributed by atoms with E-state index in [2.05, 4.69) is 20.8 Å². The molecule has 1 saturated carbocycles. The maximum absolute atomic E-state index is 13.1. The highest BCUT2D eigenvalue weighted by Gasteiger charge is 2.51. The molecule has 1 aromatic heterocycles. The van der Waals surface area contributed by atoms with Crippen molar-refractivity contribution < 1.29 is 14.4 Å². The molecule has 3 amide bonds. The van der Waals surface area contributed by atoms with E-state index in [0.29, 0.717) is 17.9 Å². The monoisotopic (exact) mass is 428 g/mol. The van der Waals surface area contributed by atoms with Gasteiger partial charge in [-0.2, -0.15) is 11.8 Å². The number of carbonyl (C=O) groups is 3. The number of benzene rings is 1. The Bertz CT molecular complexity index is 893. The zero-order valence-corrected chi connectivity index (χ0v) is 17.5. The summed E-state index contributed by atoms with van der Waals surface area (Å²) in [6.45, 7) is 0. The van der Waals surface area contributed by atoms with E-state index >= 15 is 0 Å². The molecule has 9 nitrogen and oxygen atoms in total. The van der Waals surface area contributed by atoms with Gasteiger partial charge in [0.15, 0.2) is 0 Å². The second kappa shape index (κ2) is 8.95. The van der Waals surface area contributed by atoms with Crippen LogP contribution in [0.15, 0.2) is 30.6 Å². The summed E-state index contributed by atoms with van der Waals surface area (Å²) in [7, 11) is 0. The predicted molar refractivity (Wildman–Crippen MR) is 112 cm³/mol. The number of nitrogens with one attached hydrogen (secondary N) is 1. The molecule has 4 rings (SSSR count). The van der Waals surface area contributed by atoms with E-state index < -0.39 is 6.04 Å². The number of amides is 3. The minimum atomic E-state index is -0.790. The SMILES string of the molecule is CSCC[C@H](C(=O)Nc1ccc(-n2cnnn2)cc1)N1C(=O)[C@@H]2CCCC[C@H]2C1=O. The number of imide groups is 1. The van der Waals surface area contributed by atoms with Crippen molar-refractivity contribution in [3.63, 3.8) is 0 Å². The normalized spacial score (nSPS) is 22.1. The molecule has 0 spiro atoms. The lowest BCUT2D eigenvalue weighted by molar-refractivity contribution is -0.146. The molecule has 1 N–H and O–H groups in total. The molecule has 0 radical (unpaired) electrons. The Balaban J connectivity index is 1.51. The van der Waals surface area contributed by atoms with E-state index in [-0.39, 0.29) is 29.6 Å². The Labute approximate surface area is 178 Å². The third kappa shape index (κ3) is 3.96. The number of likely N-dealkylation sites (tertiary alicyclic amines) is 1. The summed E-state index contributed by atoms with van der Waals surface area (Å²) < 4.78 is 1.51. The number of rotatable bonds is 7. The summed E-state index contributed by atoms with van der Waals surface area (Å²) >= 11 is 1.59. The molecule has 2 heterocycles. The van der Waals surface area contributed by atoms with Gasteiger partial charge in [-0.3, -0.25) is 19.3 Å². The zero-order valence-electron chi connectivity index (χ0n) is 16.7. The number of tetrazole rings is 1. The van der Waals surface area contributed by atoms with Crippen LogP contribution in [0.3, 0.4) is 0 Å². The lowest BCUT2D eigenvalue weighted by Crippen LogP contribution is -2.48. The Kier molecular flexibility index (Phi) is 6.12. The van der Waals surface area contributed by atoms with Gasteiger partial charge >= 0.3 is 0 Å². The van der Waals surface area contributed by atoms with Gasteiger partial charge in [-0.25, -0.2) is 4.68 Å². The Morgan fingerprint density at radius 2 is 1.83 bits per heavy atom. The molecule has 0 bridgehead atoms. The van der Waals surface area contributed by atoms with Crippen molar-refractivity contribution in [3.8, 4) is 5.69 Å². The summed E-state index contributed by atoms with van der Waals surface area (Å²) in [6, 6.07) is 6.26. The van der Waals surface area contributed by atoms with Crippen molar-refractivity contribution >= 4 is 35.2 Å². The van der Waals surface area contributed by atoms with Crippen molar-refractivity contribution in [1.82, 2.24) is 25.1 Å². The number of aromatic nitrogens is 4. The van der Waals surface area contributed by atoms with Gasteiger partial charge in [0, 0.05) is 5.69 Å². The fourth-order valence-corrected chi connectivity index (χ4v) is 4.76. The van der Waals surface area contributed by atoms with Crippen molar-refractivity contribution in [2.75, 3.05) is 17.3 Å². The Hall–Kier alpha value is -2.75. The van der Waals surface area contributed by atoms with Gasteiger partial charge in [0.05, 0.1) is 17.5 Å². The van der Waals surface area contributed by atoms with Crippen LogP contribution in [0.2, 0.25) is 0 Å². The summed E-state index contributed by atoms with van der Waals surface area (Å²) in [6.07, 6.45) is 7.26. The van der Waals surface area contributed by atoms with Crippen LogP contribution in [0.1, 0.15) is 32.1 Å². The Morgan fingerprint density at radius 3 is 2.40 bits per heavy atom. The lowest BCUT2D eigenvalue weighted by Gasteiger charge is -2.26. The minimum Gasteiger partial charge on any atom is -0.324 e. The molecule has 1 saturated heterocycles. The third-order valence-electron chi connectivity index (χ3n) is 5.83. The molecule has 30 heavy (non-hydrogen) atoms. The van der Waals surface area contributed by atoms with E-state index in [4.69, 9.17) is 0 Å². The van der Waals surface area contributed by atoms with Gasteiger partial charge in [-0.05, 0) is 66.0 Å². The molecule has 1 aromatic carbocycles. The third-order valence-corrected chi connectivity index (χ3v) is 6.48. The van der Waals surface area contributed by atoms with Crippen molar-refractivity contribution in [2.45, 2.75) is 38.1 Å². The standard InChI is InChI=1S/C20H24N6O3S/c1-30-11-10-17(26-19(28)15-4-2-3-5-16(15)20(26)29)18(27)22-13-6-8-14(9-7-13)25-12-21-23-24-25/h6-9,12,15-17H,2-5,10-11H2,1H3,(H,22,27)/t15-,16-,17-/m1/s1. The van der Waals surface area contributed by atoms with Crippen LogP contribution < -0.4 is 5.32 Å². The molecule has 10 heteroatoms. The average molecular weight is 429 g/mol. The second-order valence-electron chi connectivity index (χ2n) is 7.63. The first-order valence-electron chi connectivity index (χ1n) is 10.1. The van der Waals surface area contributed by atoms with Crippen LogP contribution in [0, 0.1) is 11.8 Å². The highest BCUT2D eigenvalue weighted by atomic mass is 32.2. The molecule has 158 valence electrons. The van der Waals surface area contributed by atoms with Crippen LogP contribution in [0.5, 0.6) is 0 Å². The molecule has 1 aliphatic carbocycles. The number of hydrogen-bond donors (Lipinski definition) is 1. The molecule has 0 unspecified atom stereocenters. The zero-order chi connectivity index (χ0) is 21.1. The molecule has 3 atom stereocenters. The second-order valence-corrected chi connectivity index (χ2v) is 8.62. The number of hydrogen-bond acceptors (Lipinski definition) is 7. The van der Waals surface area contributed by atoms with Crippen LogP contribution >= 0.6 is 11.8 Å². The average Bonchev–Trinajstić information content (AvgIpc) is 3.38. The van der Waals surface area contributed by atoms with Gasteiger partial charge < -0.3 is 5.32 Å². The van der Waals surface area contributed by atoms with Gasteiger partial charge in [-0.15, -0.1) is 5.10 Å². The van der Waals surface area contributed by atoms with E-state index in [1.54, 1.807) is 36.0 Å². The van der Waals surface area contributed by atoms with Crippen LogP contribution in [0.25, 0.3) is 5.69 Å². The maximum Gasteiger partial charge on any atom is 0.247 e. The first-order valence-corrected chi connectivity index (χ1v) is 11.5. The maximum atomic E-state index is 13.1. The summed E-state index contributed by atoms with van der Waals surface area (Å²) in [4.78, 5) is 40.3. The number of nitrogens with zero attached hydrogens (tertiary/aromatic N) is 5. The molecule has 2 fully saturated rings. The summed E-state index contributed by atoms with van der Waals surface area (Å²) in [5.74, 6) is -0.528. The molecular formula is C20H24N6O3S. The number of carbonyl (C=O) groups excluding carboxylic acids is 3. The van der Waals surface area contributed by atoms with Crippen molar-refractivity contribution in [1.29, 1.82) is 0 Å². The largest absolute Gasteiger partial charge is 0.324 e. The number of thioether (sulfide) groups is 1. The predicted octanol–water partition coefficient (Wildman–Crippen LogP) is 1.90. The topological polar surface area (TPSA) is 110 Å². The highest BCUT2D eigenvalue weighted by molar-refractivity contribution is 7.98. The van der Waals surface area contributed by atoms with Gasteiger partial charge in [0.1, 0.15) is 12.4 Å². The molecule has 1 aliphatic heterocycles. The number of anilines is 1. The first-order chi connectivity index (χ1) is 14.6. The van der Waals surface area contributed by atoms with E-state index in [1.165, 1.54) is 15.9 Å². The van der Waals surface area contributed by atoms with E-state index in [9.17, 15) is 14.4 Å². The van der Waals surface area contributed by atoms with Crippen LogP contribution in [0.4, 0.5) is 5.69 Å². The fraction of sp³-hybridized carbons (Fsp3) is 0.500. The fourth-order valence-electron chi connectivity index (χ4n) is 4.30. The lowest BCUT2D eigenvalue weighted by atomic mass is 9.81. The van der Waals surface area contributed by atoms with Gasteiger partial charge in [0.2, 0.25) is 17.7 Å². The minimum absolute atomic E-state index is 0.181. The van der Waals surface area contributed by atoms with Crippen LogP contribution in [-0.2, 0) is 14.4 Å². The van der Waals surface area contributed by atoms with E-state index in [1.807, 2.05) is 6.26 Å². The highest BCUT2D eigenvalue weighted by Crippen LogP contribution is 2.39. The van der Waals surface area contributed by atoms with Crippen LogP contribution in [-0.4, -0.2) is 60.9 Å². The van der Waals surface area contributed by atoms with E-state index in [0.717, 1.165) is 31.4 Å². The van der Waals surface area contributed by atoms with Gasteiger partial charge in [0.25, 0.3) is 0 Å². The first kappa shape index (κ1) is 20.5. The van der Waals surface area contributed by atoms with Crippen molar-refractivity contribution in [3.05, 3.63) is 30.6 Å². The summed E-state index contributed by atoms with van der Waals surface area (Å²) in [5, 5.41) is 13.9. The number of fused-ring (bicyclic) bond motifs is 1. The molecule has 2 aliphatic rings. The smallest absolute Gasteiger partial charge is 0.247 e. The molecular weight excluding hydrogens is 404 g/mol. The Morgan fingerprint density at radius 1 is 1.17 bits per heavy atom.